The second kappa shape index (κ2) is 9.16. The van der Waals surface area contributed by atoms with Crippen LogP contribution in [0.1, 0.15) is 99.1 Å². The molecule has 0 radical (unpaired) electrons. The Kier molecular flexibility index (Phi) is 8.11. The van der Waals surface area contributed by atoms with Crippen LogP contribution in [0.4, 0.5) is 0 Å². The molecule has 0 aromatic carbocycles. The Hall–Kier alpha value is -0.900. The summed E-state index contributed by atoms with van der Waals surface area (Å²) in [6.45, 7) is 16.1. The molecule has 0 aliphatic heterocycles. The average molecular weight is 352 g/mol. The van der Waals surface area contributed by atoms with E-state index >= 15 is 0 Å². The van der Waals surface area contributed by atoms with Gasteiger partial charge in [-0.15, -0.1) is 5.10 Å². The van der Waals surface area contributed by atoms with E-state index in [0.717, 1.165) is 44.2 Å². The highest BCUT2D eigenvalue weighted by Gasteiger charge is 2.44. The molecule has 2 atom stereocenters. The van der Waals surface area contributed by atoms with Gasteiger partial charge in [-0.1, -0.05) is 66.5 Å². The van der Waals surface area contributed by atoms with E-state index in [2.05, 4.69) is 58.8 Å². The van der Waals surface area contributed by atoms with Crippen molar-refractivity contribution in [3.05, 3.63) is 11.9 Å². The van der Waals surface area contributed by atoms with Gasteiger partial charge < -0.3 is 5.11 Å². The third kappa shape index (κ3) is 6.09. The van der Waals surface area contributed by atoms with Crippen LogP contribution < -0.4 is 0 Å². The molecule has 146 valence electrons. The molecule has 0 spiro atoms. The number of hydrogen-bond acceptors (Lipinski definition) is 3. The molecule has 1 aromatic rings. The molecule has 0 aliphatic rings. The highest BCUT2D eigenvalue weighted by Crippen LogP contribution is 2.42. The van der Waals surface area contributed by atoms with Gasteiger partial charge in [0.05, 0.1) is 24.0 Å². The topological polar surface area (TPSA) is 50.9 Å². The number of hydrogen-bond donors (Lipinski definition) is 1. The summed E-state index contributed by atoms with van der Waals surface area (Å²) in [5.74, 6) is 0. The van der Waals surface area contributed by atoms with Gasteiger partial charge in [0.2, 0.25) is 0 Å². The monoisotopic (exact) mass is 351 g/mol. The normalized spacial score (nSPS) is 17.3. The summed E-state index contributed by atoms with van der Waals surface area (Å²) in [5, 5.41) is 19.9. The minimum Gasteiger partial charge on any atom is -0.387 e. The van der Waals surface area contributed by atoms with E-state index in [1.54, 1.807) is 0 Å². The van der Waals surface area contributed by atoms with E-state index in [9.17, 15) is 5.11 Å². The van der Waals surface area contributed by atoms with Crippen molar-refractivity contribution in [3.8, 4) is 0 Å². The fourth-order valence-electron chi connectivity index (χ4n) is 3.83. The van der Waals surface area contributed by atoms with Crippen molar-refractivity contribution in [2.75, 3.05) is 0 Å². The molecule has 0 fully saturated rings. The zero-order chi connectivity index (χ0) is 19.1. The van der Waals surface area contributed by atoms with E-state index in [0.29, 0.717) is 12.0 Å². The van der Waals surface area contributed by atoms with Crippen molar-refractivity contribution in [1.29, 1.82) is 0 Å². The second-order valence-corrected chi connectivity index (χ2v) is 9.20. The lowest BCUT2D eigenvalue weighted by atomic mass is 9.67. The van der Waals surface area contributed by atoms with Crippen molar-refractivity contribution >= 4 is 0 Å². The van der Waals surface area contributed by atoms with Crippen molar-refractivity contribution in [1.82, 2.24) is 15.0 Å². The standard InChI is InChI=1S/C21H41N3O/c1-8-14-20(7,9-2)21(25,10-3)17-24-18(16-22-23-24)13-11-12-15-19(4,5)6/h16,25H,8-15,17H2,1-7H3/t20?,21-/m1/s1. The minimum absolute atomic E-state index is 0.0913. The van der Waals surface area contributed by atoms with Gasteiger partial charge in [-0.2, -0.15) is 0 Å². The summed E-state index contributed by atoms with van der Waals surface area (Å²) < 4.78 is 1.95. The fourth-order valence-corrected chi connectivity index (χ4v) is 3.83. The van der Waals surface area contributed by atoms with E-state index in [1.807, 2.05) is 10.9 Å². The van der Waals surface area contributed by atoms with Crippen LogP contribution >= 0.6 is 0 Å². The Labute approximate surface area is 155 Å². The number of aromatic nitrogens is 3. The van der Waals surface area contributed by atoms with E-state index < -0.39 is 5.60 Å². The molecule has 1 unspecified atom stereocenters. The van der Waals surface area contributed by atoms with Crippen LogP contribution in [0.3, 0.4) is 0 Å². The molecular formula is C21H41N3O. The zero-order valence-corrected chi connectivity index (χ0v) is 17.7. The van der Waals surface area contributed by atoms with Gasteiger partial charge in [0.15, 0.2) is 0 Å². The third-order valence-corrected chi connectivity index (χ3v) is 6.01. The van der Waals surface area contributed by atoms with Gasteiger partial charge in [-0.3, -0.25) is 0 Å². The molecule has 4 nitrogen and oxygen atoms in total. The number of unbranched alkanes of at least 4 members (excludes halogenated alkanes) is 1. The maximum atomic E-state index is 11.5. The molecule has 0 saturated carbocycles. The first-order valence-corrected chi connectivity index (χ1v) is 10.2. The van der Waals surface area contributed by atoms with Gasteiger partial charge in [0.25, 0.3) is 0 Å². The quantitative estimate of drug-likeness (QED) is 0.543. The molecular weight excluding hydrogens is 310 g/mol. The fraction of sp³-hybridized carbons (Fsp3) is 0.905. The van der Waals surface area contributed by atoms with Gasteiger partial charge >= 0.3 is 0 Å². The van der Waals surface area contributed by atoms with Crippen LogP contribution in [0.5, 0.6) is 0 Å². The van der Waals surface area contributed by atoms with Crippen molar-refractivity contribution in [2.24, 2.45) is 10.8 Å². The Balaban J connectivity index is 2.80. The molecule has 25 heavy (non-hydrogen) atoms. The highest BCUT2D eigenvalue weighted by atomic mass is 16.3. The SMILES string of the molecule is CCCC(C)(CC)[C@@](O)(CC)Cn1nncc1CCCCC(C)(C)C. The number of nitrogens with zero attached hydrogens (tertiary/aromatic N) is 3. The predicted octanol–water partition coefficient (Wildman–Crippen LogP) is 5.39. The van der Waals surface area contributed by atoms with Crippen LogP contribution in [0.15, 0.2) is 6.20 Å². The first kappa shape index (κ1) is 22.1. The summed E-state index contributed by atoms with van der Waals surface area (Å²) in [7, 11) is 0. The zero-order valence-electron chi connectivity index (χ0n) is 17.7. The first-order chi connectivity index (χ1) is 11.6. The van der Waals surface area contributed by atoms with Crippen LogP contribution in [0.25, 0.3) is 0 Å². The van der Waals surface area contributed by atoms with Crippen molar-refractivity contribution in [3.63, 3.8) is 0 Å². The van der Waals surface area contributed by atoms with E-state index in [-0.39, 0.29) is 5.41 Å². The number of aryl methyl sites for hydroxylation is 1. The molecule has 0 bridgehead atoms. The maximum Gasteiger partial charge on any atom is 0.0893 e. The van der Waals surface area contributed by atoms with Crippen LogP contribution in [0.2, 0.25) is 0 Å². The summed E-state index contributed by atoms with van der Waals surface area (Å²) in [4.78, 5) is 0. The van der Waals surface area contributed by atoms with Crippen LogP contribution in [-0.2, 0) is 13.0 Å². The van der Waals surface area contributed by atoms with Gasteiger partial charge in [-0.05, 0) is 49.4 Å². The molecule has 1 aromatic heterocycles. The number of aliphatic hydroxyl groups is 1. The van der Waals surface area contributed by atoms with Crippen LogP contribution in [-0.4, -0.2) is 25.7 Å². The smallest absolute Gasteiger partial charge is 0.0893 e. The van der Waals surface area contributed by atoms with Crippen molar-refractivity contribution in [2.45, 2.75) is 112 Å². The Morgan fingerprint density at radius 2 is 1.68 bits per heavy atom. The minimum atomic E-state index is -0.744. The Bertz CT molecular complexity index is 505. The first-order valence-electron chi connectivity index (χ1n) is 10.2. The number of rotatable bonds is 11. The summed E-state index contributed by atoms with van der Waals surface area (Å²) in [6, 6.07) is 0. The Morgan fingerprint density at radius 1 is 1.00 bits per heavy atom. The maximum absolute atomic E-state index is 11.5. The molecule has 1 rings (SSSR count). The van der Waals surface area contributed by atoms with Crippen LogP contribution in [0, 0.1) is 10.8 Å². The lowest BCUT2D eigenvalue weighted by Gasteiger charge is -2.44. The van der Waals surface area contributed by atoms with Gasteiger partial charge in [0, 0.05) is 0 Å². The summed E-state index contributed by atoms with van der Waals surface area (Å²) >= 11 is 0. The molecule has 0 saturated heterocycles. The lowest BCUT2D eigenvalue weighted by Crippen LogP contribution is -2.49. The Morgan fingerprint density at radius 3 is 2.20 bits per heavy atom. The molecule has 1 heterocycles. The molecule has 1 N–H and O–H groups in total. The van der Waals surface area contributed by atoms with Gasteiger partial charge in [-0.25, -0.2) is 4.68 Å². The second-order valence-electron chi connectivity index (χ2n) is 9.20. The third-order valence-electron chi connectivity index (χ3n) is 6.01. The van der Waals surface area contributed by atoms with E-state index in [1.165, 1.54) is 12.8 Å². The average Bonchev–Trinajstić information content (AvgIpc) is 2.97. The lowest BCUT2D eigenvalue weighted by molar-refractivity contribution is -0.101. The van der Waals surface area contributed by atoms with Crippen molar-refractivity contribution < 1.29 is 5.11 Å². The summed E-state index contributed by atoms with van der Waals surface area (Å²) in [6.07, 6.45) is 10.3. The molecule has 0 aliphatic carbocycles. The molecule has 0 amide bonds. The predicted molar refractivity (Wildman–Crippen MR) is 106 cm³/mol. The summed E-state index contributed by atoms with van der Waals surface area (Å²) in [5.41, 5.74) is 0.706. The highest BCUT2D eigenvalue weighted by molar-refractivity contribution is 5.00. The largest absolute Gasteiger partial charge is 0.387 e. The van der Waals surface area contributed by atoms with Gasteiger partial charge in [0.1, 0.15) is 0 Å². The van der Waals surface area contributed by atoms with E-state index in [4.69, 9.17) is 0 Å². The molecule has 4 heteroatoms.